The summed E-state index contributed by atoms with van der Waals surface area (Å²) in [4.78, 5) is 0. The third-order valence-corrected chi connectivity index (χ3v) is 3.91. The molecule has 0 unspecified atom stereocenters. The number of nitrogens with one attached hydrogen (secondary N) is 1. The van der Waals surface area contributed by atoms with Gasteiger partial charge >= 0.3 is 0 Å². The summed E-state index contributed by atoms with van der Waals surface area (Å²) in [6.45, 7) is 2.77. The molecule has 0 amide bonds. The first kappa shape index (κ1) is 12.8. The van der Waals surface area contributed by atoms with E-state index in [1.165, 1.54) is 0 Å². The van der Waals surface area contributed by atoms with Crippen LogP contribution in [0.4, 0.5) is 0 Å². The van der Waals surface area contributed by atoms with E-state index in [1.807, 2.05) is 18.2 Å². The Morgan fingerprint density at radius 1 is 1.16 bits per heavy atom. The smallest absolute Gasteiger partial charge is 0.165 e. The van der Waals surface area contributed by atoms with Crippen molar-refractivity contribution in [3.8, 4) is 11.5 Å². The second-order valence-electron chi connectivity index (χ2n) is 5.48. The van der Waals surface area contributed by atoms with Crippen molar-refractivity contribution in [3.05, 3.63) is 23.8 Å². The molecule has 1 aliphatic heterocycles. The van der Waals surface area contributed by atoms with E-state index in [-0.39, 0.29) is 0 Å². The summed E-state index contributed by atoms with van der Waals surface area (Å²) in [5, 5.41) is 13.4. The molecular formula is C15H21NO3. The van der Waals surface area contributed by atoms with Gasteiger partial charge in [-0.2, -0.15) is 0 Å². The molecule has 4 heteroatoms. The monoisotopic (exact) mass is 263 g/mol. The van der Waals surface area contributed by atoms with Gasteiger partial charge in [-0.25, -0.2) is 0 Å². The lowest BCUT2D eigenvalue weighted by Crippen LogP contribution is -2.46. The Hall–Kier alpha value is -1.26. The molecule has 0 spiro atoms. The Labute approximate surface area is 113 Å². The predicted octanol–water partition coefficient (Wildman–Crippen LogP) is 1.85. The van der Waals surface area contributed by atoms with E-state index in [0.717, 1.165) is 42.7 Å². The molecule has 0 saturated heterocycles. The van der Waals surface area contributed by atoms with Crippen molar-refractivity contribution >= 4 is 0 Å². The third kappa shape index (κ3) is 2.85. The molecule has 0 aromatic heterocycles. The molecule has 1 aromatic carbocycles. The van der Waals surface area contributed by atoms with Crippen molar-refractivity contribution in [1.29, 1.82) is 0 Å². The summed E-state index contributed by atoms with van der Waals surface area (Å²) in [5.74, 6) is 1.69. The quantitative estimate of drug-likeness (QED) is 0.870. The second-order valence-corrected chi connectivity index (χ2v) is 5.48. The lowest BCUT2D eigenvalue weighted by molar-refractivity contribution is -0.0315. The van der Waals surface area contributed by atoms with E-state index in [2.05, 4.69) is 5.32 Å². The van der Waals surface area contributed by atoms with Crippen LogP contribution >= 0.6 is 0 Å². The van der Waals surface area contributed by atoms with E-state index in [1.54, 1.807) is 0 Å². The molecule has 1 fully saturated rings. The van der Waals surface area contributed by atoms with Gasteiger partial charge in [0.2, 0.25) is 0 Å². The van der Waals surface area contributed by atoms with Crippen molar-refractivity contribution in [1.82, 2.24) is 5.32 Å². The van der Waals surface area contributed by atoms with E-state index in [9.17, 15) is 5.11 Å². The minimum atomic E-state index is -0.483. The lowest BCUT2D eigenvalue weighted by atomic mass is 9.80. The highest BCUT2D eigenvalue weighted by atomic mass is 16.5. The first-order chi connectivity index (χ1) is 9.27. The Balaban J connectivity index is 1.64. The number of rotatable bonds is 4. The van der Waals surface area contributed by atoms with Crippen molar-refractivity contribution in [2.24, 2.45) is 0 Å². The molecule has 0 radical (unpaired) electrons. The molecule has 1 aromatic rings. The van der Waals surface area contributed by atoms with Crippen LogP contribution in [0, 0.1) is 0 Å². The summed E-state index contributed by atoms with van der Waals surface area (Å²) in [5.41, 5.74) is 0.616. The van der Waals surface area contributed by atoms with Gasteiger partial charge in [0.15, 0.2) is 11.5 Å². The largest absolute Gasteiger partial charge is 0.490 e. The van der Waals surface area contributed by atoms with Crippen molar-refractivity contribution < 1.29 is 14.6 Å². The minimum Gasteiger partial charge on any atom is -0.490 e. The number of para-hydroxylation sites is 1. The molecule has 2 aliphatic rings. The van der Waals surface area contributed by atoms with Crippen LogP contribution in [0.2, 0.25) is 0 Å². The third-order valence-electron chi connectivity index (χ3n) is 3.91. The van der Waals surface area contributed by atoms with E-state index in [0.29, 0.717) is 26.3 Å². The van der Waals surface area contributed by atoms with Crippen LogP contribution in [0.15, 0.2) is 18.2 Å². The number of aliphatic hydroxyl groups is 1. The average Bonchev–Trinajstić information content (AvgIpc) is 2.62. The Morgan fingerprint density at radius 3 is 2.79 bits per heavy atom. The summed E-state index contributed by atoms with van der Waals surface area (Å²) in [6.07, 6.45) is 3.87. The van der Waals surface area contributed by atoms with Gasteiger partial charge in [-0.15, -0.1) is 0 Å². The van der Waals surface area contributed by atoms with Crippen molar-refractivity contribution in [3.63, 3.8) is 0 Å². The van der Waals surface area contributed by atoms with E-state index in [4.69, 9.17) is 9.47 Å². The molecular weight excluding hydrogens is 242 g/mol. The minimum absolute atomic E-state index is 0.483. The van der Waals surface area contributed by atoms with Crippen LogP contribution < -0.4 is 14.8 Å². The molecule has 19 heavy (non-hydrogen) atoms. The molecule has 1 aliphatic carbocycles. The number of hydrogen-bond donors (Lipinski definition) is 2. The van der Waals surface area contributed by atoms with Gasteiger partial charge in [0.1, 0.15) is 0 Å². The number of hydrogen-bond acceptors (Lipinski definition) is 4. The van der Waals surface area contributed by atoms with Gasteiger partial charge < -0.3 is 19.9 Å². The Kier molecular flexibility index (Phi) is 3.62. The average molecular weight is 263 g/mol. The molecule has 1 saturated carbocycles. The normalized spacial score (nSPS) is 20.5. The summed E-state index contributed by atoms with van der Waals surface area (Å²) in [6, 6.07) is 5.98. The molecule has 104 valence electrons. The fraction of sp³-hybridized carbons (Fsp3) is 0.600. The van der Waals surface area contributed by atoms with Crippen LogP contribution in [-0.2, 0) is 6.54 Å². The van der Waals surface area contributed by atoms with Crippen LogP contribution in [-0.4, -0.2) is 30.5 Å². The maximum atomic E-state index is 10.1. The molecule has 2 N–H and O–H groups in total. The summed E-state index contributed by atoms with van der Waals surface area (Å²) >= 11 is 0. The SMILES string of the molecule is OC1(CNCc2cccc3c2OCCCO3)CCC1. The highest BCUT2D eigenvalue weighted by molar-refractivity contribution is 5.47. The zero-order chi connectivity index (χ0) is 13.1. The first-order valence-electron chi connectivity index (χ1n) is 7.07. The summed E-state index contributed by atoms with van der Waals surface area (Å²) in [7, 11) is 0. The van der Waals surface area contributed by atoms with Crippen molar-refractivity contribution in [2.75, 3.05) is 19.8 Å². The fourth-order valence-electron chi connectivity index (χ4n) is 2.58. The highest BCUT2D eigenvalue weighted by Gasteiger charge is 2.33. The van der Waals surface area contributed by atoms with Gasteiger partial charge in [0, 0.05) is 25.1 Å². The van der Waals surface area contributed by atoms with Gasteiger partial charge in [-0.3, -0.25) is 0 Å². The zero-order valence-electron chi connectivity index (χ0n) is 11.2. The van der Waals surface area contributed by atoms with Crippen LogP contribution in [0.5, 0.6) is 11.5 Å². The standard InChI is InChI=1S/C15H21NO3/c17-15(6-2-7-15)11-16-10-12-4-1-5-13-14(12)19-9-3-8-18-13/h1,4-5,16-17H,2-3,6-11H2. The van der Waals surface area contributed by atoms with Gasteiger partial charge in [0.05, 0.1) is 18.8 Å². The Bertz CT molecular complexity index is 443. The van der Waals surface area contributed by atoms with Gasteiger partial charge in [-0.05, 0) is 25.3 Å². The molecule has 0 atom stereocenters. The lowest BCUT2D eigenvalue weighted by Gasteiger charge is -2.36. The first-order valence-corrected chi connectivity index (χ1v) is 7.07. The predicted molar refractivity (Wildman–Crippen MR) is 72.6 cm³/mol. The van der Waals surface area contributed by atoms with Crippen molar-refractivity contribution in [2.45, 2.75) is 37.8 Å². The number of benzene rings is 1. The molecule has 4 nitrogen and oxygen atoms in total. The van der Waals surface area contributed by atoms with Crippen LogP contribution in [0.25, 0.3) is 0 Å². The van der Waals surface area contributed by atoms with Gasteiger partial charge in [0.25, 0.3) is 0 Å². The second kappa shape index (κ2) is 5.39. The topological polar surface area (TPSA) is 50.7 Å². The zero-order valence-corrected chi connectivity index (χ0v) is 11.2. The molecule has 1 heterocycles. The molecule has 3 rings (SSSR count). The Morgan fingerprint density at radius 2 is 2.00 bits per heavy atom. The summed E-state index contributed by atoms with van der Waals surface area (Å²) < 4.78 is 11.4. The van der Waals surface area contributed by atoms with Crippen LogP contribution in [0.3, 0.4) is 0 Å². The highest BCUT2D eigenvalue weighted by Crippen LogP contribution is 2.34. The van der Waals surface area contributed by atoms with Crippen LogP contribution in [0.1, 0.15) is 31.2 Å². The van der Waals surface area contributed by atoms with E-state index < -0.39 is 5.60 Å². The maximum absolute atomic E-state index is 10.1. The fourth-order valence-corrected chi connectivity index (χ4v) is 2.58. The van der Waals surface area contributed by atoms with Gasteiger partial charge in [-0.1, -0.05) is 12.1 Å². The molecule has 0 bridgehead atoms. The van der Waals surface area contributed by atoms with E-state index >= 15 is 0 Å². The number of fused-ring (bicyclic) bond motifs is 1. The maximum Gasteiger partial charge on any atom is 0.165 e. The number of ether oxygens (including phenoxy) is 2.